The summed E-state index contributed by atoms with van der Waals surface area (Å²) in [6.45, 7) is 1.65. The van der Waals surface area contributed by atoms with Crippen LogP contribution in [0.3, 0.4) is 0 Å². The van der Waals surface area contributed by atoms with E-state index in [9.17, 15) is 14.9 Å². The predicted octanol–water partition coefficient (Wildman–Crippen LogP) is 5.72. The normalized spacial score (nSPS) is 10.6. The summed E-state index contributed by atoms with van der Waals surface area (Å²) in [5.41, 5.74) is 1.15. The van der Waals surface area contributed by atoms with Crippen molar-refractivity contribution in [1.82, 2.24) is 0 Å². The smallest absolute Gasteiger partial charge is 0.271 e. The highest BCUT2D eigenvalue weighted by molar-refractivity contribution is 6.35. The maximum absolute atomic E-state index is 12.5. The largest absolute Gasteiger partial charge is 0.461 e. The molecule has 0 saturated heterocycles. The molecule has 0 spiro atoms. The summed E-state index contributed by atoms with van der Waals surface area (Å²) < 4.78 is 5.65. The van der Waals surface area contributed by atoms with E-state index in [1.807, 2.05) is 0 Å². The third-order valence-corrected chi connectivity index (χ3v) is 4.06. The summed E-state index contributed by atoms with van der Waals surface area (Å²) in [4.78, 5) is 22.8. The Morgan fingerprint density at radius 2 is 1.81 bits per heavy atom. The number of carbonyl (C=O) groups is 1. The Morgan fingerprint density at radius 3 is 2.46 bits per heavy atom. The maximum Gasteiger partial charge on any atom is 0.271 e. The number of nitro benzene ring substituents is 1. The second-order valence-electron chi connectivity index (χ2n) is 5.50. The Bertz CT molecular complexity index is 994. The van der Waals surface area contributed by atoms with Crippen LogP contribution in [0.1, 0.15) is 16.1 Å². The van der Waals surface area contributed by atoms with Gasteiger partial charge in [-0.05, 0) is 37.3 Å². The minimum absolute atomic E-state index is 0.110. The molecule has 0 aliphatic carbocycles. The Morgan fingerprint density at radius 1 is 1.12 bits per heavy atom. The van der Waals surface area contributed by atoms with Crippen LogP contribution in [0.4, 0.5) is 11.4 Å². The van der Waals surface area contributed by atoms with Gasteiger partial charge < -0.3 is 9.73 Å². The molecule has 0 aliphatic rings. The number of nitrogens with zero attached hydrogens (tertiary/aromatic N) is 1. The quantitative estimate of drug-likeness (QED) is 0.455. The number of non-ortho nitro benzene ring substituents is 1. The first-order chi connectivity index (χ1) is 12.3. The van der Waals surface area contributed by atoms with Gasteiger partial charge in [-0.3, -0.25) is 14.9 Å². The Balaban J connectivity index is 1.88. The summed E-state index contributed by atoms with van der Waals surface area (Å²) >= 11 is 12.0. The average molecular weight is 391 g/mol. The number of anilines is 1. The monoisotopic (exact) mass is 390 g/mol. The first-order valence-electron chi connectivity index (χ1n) is 7.46. The predicted molar refractivity (Wildman–Crippen MR) is 100.0 cm³/mol. The molecule has 3 aromatic rings. The molecule has 3 rings (SSSR count). The van der Waals surface area contributed by atoms with E-state index in [2.05, 4.69) is 5.32 Å². The molecule has 1 N–H and O–H groups in total. The van der Waals surface area contributed by atoms with Crippen molar-refractivity contribution < 1.29 is 14.1 Å². The molecule has 0 saturated carbocycles. The van der Waals surface area contributed by atoms with Crippen molar-refractivity contribution in [2.75, 3.05) is 5.32 Å². The molecule has 1 amide bonds. The molecule has 8 heteroatoms. The van der Waals surface area contributed by atoms with E-state index in [4.69, 9.17) is 27.6 Å². The topological polar surface area (TPSA) is 85.4 Å². The van der Waals surface area contributed by atoms with Gasteiger partial charge in [0.25, 0.3) is 11.6 Å². The molecule has 0 fully saturated rings. The van der Waals surface area contributed by atoms with E-state index in [-0.39, 0.29) is 5.69 Å². The number of nitro groups is 1. The number of furan rings is 1. The van der Waals surface area contributed by atoms with Gasteiger partial charge in [-0.15, -0.1) is 0 Å². The molecule has 0 bridgehead atoms. The molecule has 0 aliphatic heterocycles. The number of carbonyl (C=O) groups excluding carboxylic acids is 1. The molecular weight excluding hydrogens is 379 g/mol. The highest BCUT2D eigenvalue weighted by atomic mass is 35.5. The SMILES string of the molecule is Cc1oc(-c2cc(Cl)cc(Cl)c2)cc1C(=O)Nc1cccc([N+](=O)[O-])c1. The van der Waals surface area contributed by atoms with Gasteiger partial charge in [0.05, 0.1) is 10.5 Å². The molecule has 1 heterocycles. The third kappa shape index (κ3) is 3.87. The van der Waals surface area contributed by atoms with Crippen molar-refractivity contribution in [3.05, 3.63) is 80.0 Å². The summed E-state index contributed by atoms with van der Waals surface area (Å²) in [5, 5.41) is 14.4. The number of hydrogen-bond donors (Lipinski definition) is 1. The van der Waals surface area contributed by atoms with Crippen LogP contribution >= 0.6 is 23.2 Å². The fourth-order valence-electron chi connectivity index (χ4n) is 2.44. The molecule has 1 aromatic heterocycles. The van der Waals surface area contributed by atoms with E-state index in [1.54, 1.807) is 37.3 Å². The lowest BCUT2D eigenvalue weighted by atomic mass is 10.1. The fourth-order valence-corrected chi connectivity index (χ4v) is 2.97. The minimum atomic E-state index is -0.528. The highest BCUT2D eigenvalue weighted by Crippen LogP contribution is 2.30. The standard InChI is InChI=1S/C18H12Cl2N2O4/c1-10-16(9-17(26-10)11-5-12(19)7-13(20)6-11)18(23)21-14-3-2-4-15(8-14)22(24)25/h2-9H,1H3,(H,21,23). The van der Waals surface area contributed by atoms with Crippen LogP contribution in [-0.4, -0.2) is 10.8 Å². The van der Waals surface area contributed by atoms with E-state index >= 15 is 0 Å². The number of halogens is 2. The number of amides is 1. The lowest BCUT2D eigenvalue weighted by Crippen LogP contribution is -2.12. The molecule has 0 unspecified atom stereocenters. The van der Waals surface area contributed by atoms with Gasteiger partial charge in [-0.1, -0.05) is 29.3 Å². The summed E-state index contributed by atoms with van der Waals surface area (Å²) in [7, 11) is 0. The van der Waals surface area contributed by atoms with Gasteiger partial charge in [-0.25, -0.2) is 0 Å². The maximum atomic E-state index is 12.5. The van der Waals surface area contributed by atoms with Crippen molar-refractivity contribution in [2.24, 2.45) is 0 Å². The van der Waals surface area contributed by atoms with Crippen molar-refractivity contribution in [2.45, 2.75) is 6.92 Å². The number of aryl methyl sites for hydroxylation is 1. The molecule has 0 radical (unpaired) electrons. The molecule has 6 nitrogen and oxygen atoms in total. The lowest BCUT2D eigenvalue weighted by Gasteiger charge is -2.03. The first kappa shape index (κ1) is 18.0. The average Bonchev–Trinajstić information content (AvgIpc) is 2.96. The first-order valence-corrected chi connectivity index (χ1v) is 8.22. The van der Waals surface area contributed by atoms with E-state index in [0.717, 1.165) is 0 Å². The zero-order valence-electron chi connectivity index (χ0n) is 13.5. The van der Waals surface area contributed by atoms with Gasteiger partial charge in [0.15, 0.2) is 0 Å². The second-order valence-corrected chi connectivity index (χ2v) is 6.37. The summed E-state index contributed by atoms with van der Waals surface area (Å²) in [5.74, 6) is 0.404. The molecular formula is C18H12Cl2N2O4. The van der Waals surface area contributed by atoms with Crippen LogP contribution in [0.2, 0.25) is 10.0 Å². The van der Waals surface area contributed by atoms with Crippen molar-refractivity contribution in [1.29, 1.82) is 0 Å². The van der Waals surface area contributed by atoms with Gasteiger partial charge >= 0.3 is 0 Å². The van der Waals surface area contributed by atoms with Crippen LogP contribution in [-0.2, 0) is 0 Å². The molecule has 26 heavy (non-hydrogen) atoms. The van der Waals surface area contributed by atoms with Crippen LogP contribution < -0.4 is 5.32 Å². The van der Waals surface area contributed by atoms with Crippen LogP contribution in [0.15, 0.2) is 52.9 Å². The zero-order chi connectivity index (χ0) is 18.8. The fraction of sp³-hybridized carbons (Fsp3) is 0.0556. The Hall–Kier alpha value is -2.83. The zero-order valence-corrected chi connectivity index (χ0v) is 15.0. The van der Waals surface area contributed by atoms with Gasteiger partial charge in [0.1, 0.15) is 11.5 Å². The van der Waals surface area contributed by atoms with Crippen LogP contribution in [0.5, 0.6) is 0 Å². The van der Waals surface area contributed by atoms with Gasteiger partial charge in [0, 0.05) is 33.4 Å². The van der Waals surface area contributed by atoms with E-state index in [1.165, 1.54) is 18.2 Å². The third-order valence-electron chi connectivity index (χ3n) is 3.62. The highest BCUT2D eigenvalue weighted by Gasteiger charge is 2.17. The van der Waals surface area contributed by atoms with E-state index in [0.29, 0.717) is 38.4 Å². The number of hydrogen-bond acceptors (Lipinski definition) is 4. The second kappa shape index (κ2) is 7.19. The summed E-state index contributed by atoms with van der Waals surface area (Å²) in [6, 6.07) is 12.2. The van der Waals surface area contributed by atoms with Gasteiger partial charge in [0.2, 0.25) is 0 Å². The van der Waals surface area contributed by atoms with Crippen LogP contribution in [0, 0.1) is 17.0 Å². The summed E-state index contributed by atoms with van der Waals surface area (Å²) in [6.07, 6.45) is 0. The van der Waals surface area contributed by atoms with E-state index < -0.39 is 10.8 Å². The molecule has 132 valence electrons. The minimum Gasteiger partial charge on any atom is -0.461 e. The molecule has 0 atom stereocenters. The molecule has 2 aromatic carbocycles. The van der Waals surface area contributed by atoms with Gasteiger partial charge in [-0.2, -0.15) is 0 Å². The van der Waals surface area contributed by atoms with Crippen LogP contribution in [0.25, 0.3) is 11.3 Å². The number of benzene rings is 2. The Labute approximate surface area is 158 Å². The van der Waals surface area contributed by atoms with Crippen molar-refractivity contribution >= 4 is 40.5 Å². The van der Waals surface area contributed by atoms with Crippen molar-refractivity contribution in [3.8, 4) is 11.3 Å². The Kier molecular flexibility index (Phi) is 4.97. The number of nitrogens with one attached hydrogen (secondary N) is 1. The lowest BCUT2D eigenvalue weighted by molar-refractivity contribution is -0.384. The number of rotatable bonds is 4. The van der Waals surface area contributed by atoms with Crippen molar-refractivity contribution in [3.63, 3.8) is 0 Å².